The van der Waals surface area contributed by atoms with E-state index in [0.717, 1.165) is 16.6 Å². The maximum Gasteiger partial charge on any atom is 0.228 e. The molecule has 4 nitrogen and oxygen atoms in total. The van der Waals surface area contributed by atoms with Crippen LogP contribution in [0, 0.1) is 0 Å². The standard InChI is InChI=1S/C11H10ClN3O/c12-8-3-11(16)15(6-8)9-2-1-7-5-13-14-10(7)4-9/h1-2,4-5,8H,3,6H2,(H,13,14). The summed E-state index contributed by atoms with van der Waals surface area (Å²) in [4.78, 5) is 13.4. The van der Waals surface area contributed by atoms with Crippen LogP contribution in [0.5, 0.6) is 0 Å². The number of carbonyl (C=O) groups is 1. The van der Waals surface area contributed by atoms with Crippen molar-refractivity contribution >= 4 is 34.1 Å². The largest absolute Gasteiger partial charge is 0.311 e. The number of rotatable bonds is 1. The van der Waals surface area contributed by atoms with Crippen LogP contribution in [0.25, 0.3) is 10.9 Å². The van der Waals surface area contributed by atoms with Gasteiger partial charge in [0, 0.05) is 24.0 Å². The van der Waals surface area contributed by atoms with Crippen LogP contribution in [0.2, 0.25) is 0 Å². The van der Waals surface area contributed by atoms with Gasteiger partial charge in [-0.2, -0.15) is 5.10 Å². The van der Waals surface area contributed by atoms with Crippen LogP contribution in [0.1, 0.15) is 6.42 Å². The lowest BCUT2D eigenvalue weighted by molar-refractivity contribution is -0.117. The Morgan fingerprint density at radius 1 is 1.50 bits per heavy atom. The molecule has 3 rings (SSSR count). The van der Waals surface area contributed by atoms with Gasteiger partial charge in [-0.25, -0.2) is 0 Å². The van der Waals surface area contributed by atoms with E-state index in [9.17, 15) is 4.79 Å². The average Bonchev–Trinajstić information content (AvgIpc) is 2.83. The molecule has 2 heterocycles. The third kappa shape index (κ3) is 1.46. The normalized spacial score (nSPS) is 20.9. The van der Waals surface area contributed by atoms with Gasteiger partial charge in [0.2, 0.25) is 5.91 Å². The van der Waals surface area contributed by atoms with Crippen molar-refractivity contribution in [1.82, 2.24) is 10.2 Å². The molecule has 0 spiro atoms. The fraction of sp³-hybridized carbons (Fsp3) is 0.273. The Hall–Kier alpha value is -1.55. The highest BCUT2D eigenvalue weighted by molar-refractivity contribution is 6.24. The van der Waals surface area contributed by atoms with Crippen LogP contribution in [-0.2, 0) is 4.79 Å². The first-order chi connectivity index (χ1) is 7.74. The number of aromatic amines is 1. The van der Waals surface area contributed by atoms with Gasteiger partial charge in [0.1, 0.15) is 0 Å². The van der Waals surface area contributed by atoms with E-state index in [4.69, 9.17) is 11.6 Å². The van der Waals surface area contributed by atoms with Crippen molar-refractivity contribution in [2.75, 3.05) is 11.4 Å². The molecule has 0 aliphatic carbocycles. The van der Waals surface area contributed by atoms with Gasteiger partial charge in [-0.3, -0.25) is 9.89 Å². The molecule has 5 heteroatoms. The summed E-state index contributed by atoms with van der Waals surface area (Å²) in [5.74, 6) is 0.0823. The van der Waals surface area contributed by atoms with Gasteiger partial charge >= 0.3 is 0 Å². The molecule has 16 heavy (non-hydrogen) atoms. The van der Waals surface area contributed by atoms with Crippen molar-refractivity contribution in [3.63, 3.8) is 0 Å². The number of anilines is 1. The highest BCUT2D eigenvalue weighted by Crippen LogP contribution is 2.26. The molecule has 1 saturated heterocycles. The van der Waals surface area contributed by atoms with Crippen LogP contribution in [0.15, 0.2) is 24.4 Å². The molecular weight excluding hydrogens is 226 g/mol. The van der Waals surface area contributed by atoms with Crippen LogP contribution in [0.4, 0.5) is 5.69 Å². The van der Waals surface area contributed by atoms with Crippen molar-refractivity contribution < 1.29 is 4.79 Å². The summed E-state index contributed by atoms with van der Waals surface area (Å²) in [6, 6.07) is 5.79. The third-order valence-electron chi connectivity index (χ3n) is 2.82. The molecule has 1 aliphatic rings. The number of hydrogen-bond acceptors (Lipinski definition) is 2. The number of fused-ring (bicyclic) bond motifs is 1. The van der Waals surface area contributed by atoms with E-state index in [1.54, 1.807) is 11.1 Å². The first-order valence-electron chi connectivity index (χ1n) is 5.11. The van der Waals surface area contributed by atoms with Crippen molar-refractivity contribution in [3.8, 4) is 0 Å². The summed E-state index contributed by atoms with van der Waals surface area (Å²) in [6.07, 6.45) is 2.18. The maximum atomic E-state index is 11.7. The minimum Gasteiger partial charge on any atom is -0.311 e. The molecule has 1 aromatic heterocycles. The zero-order valence-electron chi connectivity index (χ0n) is 8.48. The molecule has 1 atom stereocenters. The van der Waals surface area contributed by atoms with E-state index in [-0.39, 0.29) is 11.3 Å². The van der Waals surface area contributed by atoms with Gasteiger partial charge in [0.15, 0.2) is 0 Å². The van der Waals surface area contributed by atoms with Crippen molar-refractivity contribution in [2.45, 2.75) is 11.8 Å². The van der Waals surface area contributed by atoms with Crippen LogP contribution < -0.4 is 4.90 Å². The molecule has 1 fully saturated rings. The predicted molar refractivity (Wildman–Crippen MR) is 62.7 cm³/mol. The number of carbonyl (C=O) groups excluding carboxylic acids is 1. The first-order valence-corrected chi connectivity index (χ1v) is 5.55. The van der Waals surface area contributed by atoms with Gasteiger partial charge < -0.3 is 4.90 Å². The lowest BCUT2D eigenvalue weighted by atomic mass is 10.2. The summed E-state index contributed by atoms with van der Waals surface area (Å²) in [5, 5.41) is 7.80. The Morgan fingerprint density at radius 2 is 2.38 bits per heavy atom. The summed E-state index contributed by atoms with van der Waals surface area (Å²) >= 11 is 5.97. The van der Waals surface area contributed by atoms with E-state index in [2.05, 4.69) is 10.2 Å². The SMILES string of the molecule is O=C1CC(Cl)CN1c1ccc2cn[nH]c2c1. The fourth-order valence-electron chi connectivity index (χ4n) is 2.01. The van der Waals surface area contributed by atoms with Gasteiger partial charge in [-0.15, -0.1) is 11.6 Å². The topological polar surface area (TPSA) is 49.0 Å². The number of alkyl halides is 1. The number of H-pyrrole nitrogens is 1. The molecule has 82 valence electrons. The highest BCUT2D eigenvalue weighted by Gasteiger charge is 2.29. The number of benzene rings is 1. The lowest BCUT2D eigenvalue weighted by Crippen LogP contribution is -2.24. The Bertz CT molecular complexity index is 551. The smallest absolute Gasteiger partial charge is 0.228 e. The van der Waals surface area contributed by atoms with Gasteiger partial charge in [0.25, 0.3) is 0 Å². The second kappa shape index (κ2) is 3.49. The molecule has 1 aromatic carbocycles. The molecule has 1 N–H and O–H groups in total. The number of nitrogens with zero attached hydrogens (tertiary/aromatic N) is 2. The number of hydrogen-bond donors (Lipinski definition) is 1. The third-order valence-corrected chi connectivity index (χ3v) is 3.11. The second-order valence-corrected chi connectivity index (χ2v) is 4.56. The van der Waals surface area contributed by atoms with Crippen LogP contribution in [0.3, 0.4) is 0 Å². The molecule has 0 radical (unpaired) electrons. The van der Waals surface area contributed by atoms with E-state index in [1.807, 2.05) is 18.2 Å². The van der Waals surface area contributed by atoms with E-state index in [1.165, 1.54) is 0 Å². The fourth-order valence-corrected chi connectivity index (χ4v) is 2.28. The summed E-state index contributed by atoms with van der Waals surface area (Å²) in [6.45, 7) is 0.583. The Morgan fingerprint density at radius 3 is 3.12 bits per heavy atom. The summed E-state index contributed by atoms with van der Waals surface area (Å²) < 4.78 is 0. The van der Waals surface area contributed by atoms with E-state index < -0.39 is 0 Å². The van der Waals surface area contributed by atoms with Gasteiger partial charge in [0.05, 0.1) is 17.1 Å². The minimum atomic E-state index is -0.0787. The van der Waals surface area contributed by atoms with Gasteiger partial charge in [-0.1, -0.05) is 0 Å². The Labute approximate surface area is 97.2 Å². The van der Waals surface area contributed by atoms with Crippen LogP contribution >= 0.6 is 11.6 Å². The molecule has 1 amide bonds. The molecule has 0 bridgehead atoms. The van der Waals surface area contributed by atoms with Crippen molar-refractivity contribution in [1.29, 1.82) is 0 Å². The minimum absolute atomic E-state index is 0.0787. The zero-order chi connectivity index (χ0) is 11.1. The number of nitrogens with one attached hydrogen (secondary N) is 1. The summed E-state index contributed by atoms with van der Waals surface area (Å²) in [7, 11) is 0. The molecule has 1 unspecified atom stereocenters. The first kappa shape index (κ1) is 9.66. The molecule has 2 aromatic rings. The molecule has 0 saturated carbocycles. The van der Waals surface area contributed by atoms with Crippen molar-refractivity contribution in [2.24, 2.45) is 0 Å². The van der Waals surface area contributed by atoms with Crippen LogP contribution in [-0.4, -0.2) is 28.0 Å². The van der Waals surface area contributed by atoms with E-state index in [0.29, 0.717) is 13.0 Å². The lowest BCUT2D eigenvalue weighted by Gasteiger charge is -2.15. The highest BCUT2D eigenvalue weighted by atomic mass is 35.5. The average molecular weight is 236 g/mol. The Kier molecular flexibility index (Phi) is 2.11. The second-order valence-electron chi connectivity index (χ2n) is 3.95. The maximum absolute atomic E-state index is 11.7. The monoisotopic (exact) mass is 235 g/mol. The van der Waals surface area contributed by atoms with E-state index >= 15 is 0 Å². The zero-order valence-corrected chi connectivity index (χ0v) is 9.24. The molecule has 1 aliphatic heterocycles. The number of amides is 1. The predicted octanol–water partition coefficient (Wildman–Crippen LogP) is 1.91. The number of halogens is 1. The number of aromatic nitrogens is 2. The molecular formula is C11H10ClN3O. The quantitative estimate of drug-likeness (QED) is 0.768. The summed E-state index contributed by atoms with van der Waals surface area (Å²) in [5.41, 5.74) is 1.81. The van der Waals surface area contributed by atoms with Gasteiger partial charge in [-0.05, 0) is 18.2 Å². The Balaban J connectivity index is 2.02. The van der Waals surface area contributed by atoms with Crippen molar-refractivity contribution in [3.05, 3.63) is 24.4 Å².